The predicted octanol–water partition coefficient (Wildman–Crippen LogP) is 5.59. The maximum absolute atomic E-state index is 4.16. The van der Waals surface area contributed by atoms with Crippen molar-refractivity contribution in [1.82, 2.24) is 0 Å². The Morgan fingerprint density at radius 1 is 1.07 bits per heavy atom. The fraction of sp³-hybridized carbons (Fsp3) is 0.867. The van der Waals surface area contributed by atoms with Gasteiger partial charge in [-0.2, -0.15) is 0 Å². The molecule has 15 heavy (non-hydrogen) atoms. The van der Waals surface area contributed by atoms with Crippen molar-refractivity contribution in [3.8, 4) is 0 Å². The number of hydrogen-bond acceptors (Lipinski definition) is 0. The molecule has 0 aliphatic rings. The van der Waals surface area contributed by atoms with Gasteiger partial charge in [-0.3, -0.25) is 0 Å². The Morgan fingerprint density at radius 2 is 1.73 bits per heavy atom. The van der Waals surface area contributed by atoms with Crippen molar-refractivity contribution >= 4 is 0 Å². The lowest BCUT2D eigenvalue weighted by Crippen LogP contribution is -2.02. The summed E-state index contributed by atoms with van der Waals surface area (Å²) in [7, 11) is 0. The third-order valence-corrected chi connectivity index (χ3v) is 3.38. The van der Waals surface area contributed by atoms with Crippen LogP contribution in [0.4, 0.5) is 0 Å². The van der Waals surface area contributed by atoms with Gasteiger partial charge in [-0.25, -0.2) is 0 Å². The molecule has 0 radical (unpaired) electrons. The van der Waals surface area contributed by atoms with E-state index in [0.717, 1.165) is 11.8 Å². The number of unbranched alkanes of at least 4 members (excludes halogenated alkanes) is 1. The molecule has 0 aromatic heterocycles. The Kier molecular flexibility index (Phi) is 8.85. The van der Waals surface area contributed by atoms with Gasteiger partial charge in [-0.05, 0) is 43.9 Å². The Balaban J connectivity index is 3.52. The third kappa shape index (κ3) is 8.72. The van der Waals surface area contributed by atoms with E-state index in [1.54, 1.807) is 0 Å². The van der Waals surface area contributed by atoms with Crippen LogP contribution < -0.4 is 0 Å². The molecule has 90 valence electrons. The zero-order valence-electron chi connectivity index (χ0n) is 11.3. The summed E-state index contributed by atoms with van der Waals surface area (Å²) < 4.78 is 0. The maximum atomic E-state index is 4.16. The van der Waals surface area contributed by atoms with Crippen molar-refractivity contribution in [1.29, 1.82) is 0 Å². The average Bonchev–Trinajstić information content (AvgIpc) is 2.23. The van der Waals surface area contributed by atoms with E-state index in [-0.39, 0.29) is 0 Å². The first-order valence-electron chi connectivity index (χ1n) is 6.76. The van der Waals surface area contributed by atoms with Crippen molar-refractivity contribution in [3.63, 3.8) is 0 Å². The second kappa shape index (κ2) is 9.00. The molecule has 0 aromatic rings. The van der Waals surface area contributed by atoms with Gasteiger partial charge in [0, 0.05) is 0 Å². The second-order valence-corrected chi connectivity index (χ2v) is 5.25. The summed E-state index contributed by atoms with van der Waals surface area (Å²) in [6.07, 6.45) is 9.15. The number of rotatable bonds is 9. The minimum Gasteiger partial charge on any atom is -0.0999 e. The summed E-state index contributed by atoms with van der Waals surface area (Å²) in [5.74, 6) is 1.77. The van der Waals surface area contributed by atoms with Gasteiger partial charge in [-0.1, -0.05) is 52.7 Å². The van der Waals surface area contributed by atoms with Crippen LogP contribution in [0.15, 0.2) is 12.2 Å². The third-order valence-electron chi connectivity index (χ3n) is 3.38. The van der Waals surface area contributed by atoms with Crippen LogP contribution in [0, 0.1) is 11.8 Å². The zero-order chi connectivity index (χ0) is 11.7. The molecule has 2 atom stereocenters. The van der Waals surface area contributed by atoms with E-state index in [2.05, 4.69) is 34.3 Å². The van der Waals surface area contributed by atoms with Crippen LogP contribution in [-0.2, 0) is 0 Å². The van der Waals surface area contributed by atoms with Gasteiger partial charge in [0.15, 0.2) is 0 Å². The molecular formula is C15H30. The quantitative estimate of drug-likeness (QED) is 0.435. The Labute approximate surface area is 97.2 Å². The van der Waals surface area contributed by atoms with Crippen molar-refractivity contribution in [2.45, 2.75) is 72.6 Å². The predicted molar refractivity (Wildman–Crippen MR) is 71.1 cm³/mol. The first-order valence-corrected chi connectivity index (χ1v) is 6.76. The highest BCUT2D eigenvalue weighted by atomic mass is 14.1. The highest BCUT2D eigenvalue weighted by Crippen LogP contribution is 2.22. The zero-order valence-corrected chi connectivity index (χ0v) is 11.3. The first kappa shape index (κ1) is 14.7. The Hall–Kier alpha value is -0.260. The lowest BCUT2D eigenvalue weighted by Gasteiger charge is -2.16. The van der Waals surface area contributed by atoms with Crippen LogP contribution in [-0.4, -0.2) is 0 Å². The molecule has 0 heteroatoms. The van der Waals surface area contributed by atoms with E-state index in [9.17, 15) is 0 Å². The molecule has 0 aromatic carbocycles. The minimum absolute atomic E-state index is 0.873. The monoisotopic (exact) mass is 210 g/mol. The van der Waals surface area contributed by atoms with Crippen LogP contribution in [0.5, 0.6) is 0 Å². The minimum atomic E-state index is 0.873. The lowest BCUT2D eigenvalue weighted by atomic mass is 9.90. The van der Waals surface area contributed by atoms with Gasteiger partial charge in [0.25, 0.3) is 0 Å². The second-order valence-electron chi connectivity index (χ2n) is 5.25. The highest BCUT2D eigenvalue weighted by Gasteiger charge is 2.07. The van der Waals surface area contributed by atoms with Crippen molar-refractivity contribution < 1.29 is 0 Å². The molecule has 0 aliphatic heterocycles. The molecule has 0 aliphatic carbocycles. The molecule has 0 bridgehead atoms. The van der Waals surface area contributed by atoms with Gasteiger partial charge in [0.2, 0.25) is 0 Å². The topological polar surface area (TPSA) is 0 Å². The first-order chi connectivity index (χ1) is 7.10. The SMILES string of the molecule is C=C(CCCC)CCC(C)CC(C)CC. The van der Waals surface area contributed by atoms with Crippen LogP contribution in [0.1, 0.15) is 72.6 Å². The van der Waals surface area contributed by atoms with E-state index in [4.69, 9.17) is 0 Å². The van der Waals surface area contributed by atoms with Crippen molar-refractivity contribution in [3.05, 3.63) is 12.2 Å². The van der Waals surface area contributed by atoms with E-state index in [1.165, 1.54) is 50.5 Å². The number of hydrogen-bond donors (Lipinski definition) is 0. The van der Waals surface area contributed by atoms with E-state index in [1.807, 2.05) is 0 Å². The smallest absolute Gasteiger partial charge is 0.0320 e. The fourth-order valence-electron chi connectivity index (χ4n) is 1.97. The normalized spacial score (nSPS) is 14.9. The van der Waals surface area contributed by atoms with E-state index < -0.39 is 0 Å². The summed E-state index contributed by atoms with van der Waals surface area (Å²) in [5.41, 5.74) is 1.47. The molecule has 0 heterocycles. The van der Waals surface area contributed by atoms with E-state index in [0.29, 0.717) is 0 Å². The molecule has 0 N–H and O–H groups in total. The molecule has 0 fully saturated rings. The molecule has 0 nitrogen and oxygen atoms in total. The van der Waals surface area contributed by atoms with Crippen LogP contribution in [0.25, 0.3) is 0 Å². The highest BCUT2D eigenvalue weighted by molar-refractivity contribution is 4.93. The van der Waals surface area contributed by atoms with Crippen molar-refractivity contribution in [2.75, 3.05) is 0 Å². The van der Waals surface area contributed by atoms with Gasteiger partial charge in [-0.15, -0.1) is 0 Å². The molecule has 0 saturated heterocycles. The molecule has 0 spiro atoms. The largest absolute Gasteiger partial charge is 0.0999 e. The summed E-state index contributed by atoms with van der Waals surface area (Å²) in [6.45, 7) is 13.5. The summed E-state index contributed by atoms with van der Waals surface area (Å²) in [6, 6.07) is 0. The van der Waals surface area contributed by atoms with Crippen LogP contribution in [0.3, 0.4) is 0 Å². The van der Waals surface area contributed by atoms with Crippen molar-refractivity contribution in [2.24, 2.45) is 11.8 Å². The Bertz CT molecular complexity index is 157. The molecular weight excluding hydrogens is 180 g/mol. The summed E-state index contributed by atoms with van der Waals surface area (Å²) in [4.78, 5) is 0. The standard InChI is InChI=1S/C15H30/c1-6-8-9-14(4)10-11-15(5)12-13(3)7-2/h13,15H,4,6-12H2,1-3,5H3. The number of allylic oxidation sites excluding steroid dienone is 1. The lowest BCUT2D eigenvalue weighted by molar-refractivity contribution is 0.386. The molecule has 0 amide bonds. The van der Waals surface area contributed by atoms with E-state index >= 15 is 0 Å². The maximum Gasteiger partial charge on any atom is -0.0320 e. The molecule has 0 saturated carbocycles. The Morgan fingerprint density at radius 3 is 2.27 bits per heavy atom. The summed E-state index contributed by atoms with van der Waals surface area (Å²) in [5, 5.41) is 0. The van der Waals surface area contributed by atoms with Gasteiger partial charge < -0.3 is 0 Å². The van der Waals surface area contributed by atoms with Gasteiger partial charge in [0.05, 0.1) is 0 Å². The van der Waals surface area contributed by atoms with Gasteiger partial charge >= 0.3 is 0 Å². The molecule has 2 unspecified atom stereocenters. The van der Waals surface area contributed by atoms with Crippen LogP contribution in [0.2, 0.25) is 0 Å². The van der Waals surface area contributed by atoms with Gasteiger partial charge in [0.1, 0.15) is 0 Å². The molecule has 0 rings (SSSR count). The fourth-order valence-corrected chi connectivity index (χ4v) is 1.97. The average molecular weight is 210 g/mol. The van der Waals surface area contributed by atoms with Crippen LogP contribution >= 0.6 is 0 Å². The summed E-state index contributed by atoms with van der Waals surface area (Å²) >= 11 is 0.